The Morgan fingerprint density at radius 1 is 0.833 bits per heavy atom. The molecule has 158 valence electrons. The van der Waals surface area contributed by atoms with Gasteiger partial charge in [0.25, 0.3) is 0 Å². The first-order valence-electron chi connectivity index (χ1n) is 8.43. The normalized spacial score (nSPS) is 11.8. The van der Waals surface area contributed by atoms with Crippen LogP contribution in [0.1, 0.15) is 11.1 Å². The number of hydrogen-bond donors (Lipinski definition) is 2. The molecule has 0 atom stereocenters. The second kappa shape index (κ2) is 8.47. The van der Waals surface area contributed by atoms with Gasteiger partial charge in [0.15, 0.2) is 0 Å². The summed E-state index contributed by atoms with van der Waals surface area (Å²) in [5, 5.41) is 5.78. The number of nitrogens with zero attached hydrogens (tertiary/aromatic N) is 2. The maximum absolute atomic E-state index is 12.8. The monoisotopic (exact) mass is 428 g/mol. The largest absolute Gasteiger partial charge is 0.573 e. The van der Waals surface area contributed by atoms with E-state index in [-0.39, 0.29) is 12.3 Å². The Balaban J connectivity index is 1.62. The van der Waals surface area contributed by atoms with Crippen molar-refractivity contribution in [1.82, 2.24) is 9.97 Å². The maximum atomic E-state index is 12.8. The van der Waals surface area contributed by atoms with Crippen molar-refractivity contribution in [3.63, 3.8) is 0 Å². The van der Waals surface area contributed by atoms with Crippen LogP contribution >= 0.6 is 0 Å². The lowest BCUT2D eigenvalue weighted by atomic mass is 10.1. The van der Waals surface area contributed by atoms with Crippen LogP contribution in [-0.4, -0.2) is 16.3 Å². The summed E-state index contributed by atoms with van der Waals surface area (Å²) in [6.45, 7) is 0.101. The fourth-order valence-electron chi connectivity index (χ4n) is 2.46. The highest BCUT2D eigenvalue weighted by atomic mass is 19.4. The van der Waals surface area contributed by atoms with Crippen molar-refractivity contribution in [3.05, 3.63) is 72.1 Å². The summed E-state index contributed by atoms with van der Waals surface area (Å²) in [7, 11) is 0. The lowest BCUT2D eigenvalue weighted by Gasteiger charge is -2.11. The van der Waals surface area contributed by atoms with Gasteiger partial charge in [0, 0.05) is 18.3 Å². The second-order valence-corrected chi connectivity index (χ2v) is 6.04. The quantitative estimate of drug-likeness (QED) is 0.490. The second-order valence-electron chi connectivity index (χ2n) is 6.04. The molecule has 0 spiro atoms. The van der Waals surface area contributed by atoms with Crippen molar-refractivity contribution in [2.45, 2.75) is 19.1 Å². The summed E-state index contributed by atoms with van der Waals surface area (Å²) in [6.07, 6.45) is -7.97. The minimum atomic E-state index is -4.78. The fraction of sp³-hybridized carbons (Fsp3) is 0.158. The van der Waals surface area contributed by atoms with Crippen LogP contribution < -0.4 is 15.4 Å². The smallest absolute Gasteiger partial charge is 0.406 e. The van der Waals surface area contributed by atoms with Gasteiger partial charge in [-0.05, 0) is 42.0 Å². The van der Waals surface area contributed by atoms with Crippen molar-refractivity contribution >= 4 is 17.3 Å². The van der Waals surface area contributed by atoms with E-state index in [4.69, 9.17) is 0 Å². The Morgan fingerprint density at radius 3 is 2.20 bits per heavy atom. The van der Waals surface area contributed by atoms with E-state index in [0.29, 0.717) is 22.9 Å². The van der Waals surface area contributed by atoms with Gasteiger partial charge in [-0.3, -0.25) is 0 Å². The number of hydrogen-bond acceptors (Lipinski definition) is 5. The molecule has 0 amide bonds. The Hall–Kier alpha value is -3.50. The van der Waals surface area contributed by atoms with Crippen LogP contribution in [0.5, 0.6) is 5.75 Å². The summed E-state index contributed by atoms with van der Waals surface area (Å²) in [5.41, 5.74) is 0.120. The Bertz CT molecular complexity index is 989. The standard InChI is InChI=1S/C19H14F6N4O/c20-18(21,22)13-3-1-2-12(8-13)10-26-16-9-17(28-11-27-16)29-14-4-6-15(7-5-14)30-19(23,24)25/h1-9,11H,10H2,(H2,26,27,28,29). The molecule has 0 unspecified atom stereocenters. The van der Waals surface area contributed by atoms with E-state index in [0.717, 1.165) is 24.3 Å². The summed E-state index contributed by atoms with van der Waals surface area (Å²) in [4.78, 5) is 7.99. The molecule has 0 bridgehead atoms. The van der Waals surface area contributed by atoms with E-state index < -0.39 is 18.1 Å². The van der Waals surface area contributed by atoms with Gasteiger partial charge < -0.3 is 15.4 Å². The topological polar surface area (TPSA) is 59.1 Å². The molecule has 0 radical (unpaired) electrons. The Morgan fingerprint density at radius 2 is 1.53 bits per heavy atom. The van der Waals surface area contributed by atoms with Crippen LogP contribution in [0.15, 0.2) is 60.9 Å². The summed E-state index contributed by atoms with van der Waals surface area (Å²) < 4.78 is 78.7. The zero-order chi connectivity index (χ0) is 21.8. The maximum Gasteiger partial charge on any atom is 0.573 e. The van der Waals surface area contributed by atoms with Crippen molar-refractivity contribution in [2.24, 2.45) is 0 Å². The van der Waals surface area contributed by atoms with E-state index >= 15 is 0 Å². The molecule has 0 saturated carbocycles. The average molecular weight is 428 g/mol. The first-order valence-corrected chi connectivity index (χ1v) is 8.43. The SMILES string of the molecule is FC(F)(F)Oc1ccc(Nc2cc(NCc3cccc(C(F)(F)F)c3)ncn2)cc1. The van der Waals surface area contributed by atoms with Crippen LogP contribution in [0.4, 0.5) is 43.7 Å². The zero-order valence-electron chi connectivity index (χ0n) is 15.1. The molecule has 30 heavy (non-hydrogen) atoms. The molecule has 11 heteroatoms. The van der Waals surface area contributed by atoms with Gasteiger partial charge in [0.05, 0.1) is 5.56 Å². The molecular weight excluding hydrogens is 414 g/mol. The highest BCUT2D eigenvalue weighted by Crippen LogP contribution is 2.30. The number of ether oxygens (including phenoxy) is 1. The summed E-state index contributed by atoms with van der Waals surface area (Å²) in [6, 6.07) is 11.4. The predicted octanol–water partition coefficient (Wildman–Crippen LogP) is 5.75. The molecule has 0 aliphatic carbocycles. The minimum absolute atomic E-state index is 0.101. The van der Waals surface area contributed by atoms with Crippen LogP contribution in [0.25, 0.3) is 0 Å². The van der Waals surface area contributed by atoms with E-state index in [9.17, 15) is 26.3 Å². The van der Waals surface area contributed by atoms with Gasteiger partial charge in [-0.1, -0.05) is 12.1 Å². The molecule has 1 heterocycles. The van der Waals surface area contributed by atoms with Gasteiger partial charge in [-0.25, -0.2) is 9.97 Å². The molecular formula is C19H14F6N4O. The number of rotatable bonds is 6. The minimum Gasteiger partial charge on any atom is -0.406 e. The number of benzene rings is 2. The van der Waals surface area contributed by atoms with E-state index in [2.05, 4.69) is 25.3 Å². The van der Waals surface area contributed by atoms with Crippen LogP contribution in [0.3, 0.4) is 0 Å². The average Bonchev–Trinajstić information content (AvgIpc) is 2.67. The lowest BCUT2D eigenvalue weighted by molar-refractivity contribution is -0.274. The third-order valence-electron chi connectivity index (χ3n) is 3.76. The number of nitrogens with one attached hydrogen (secondary N) is 2. The molecule has 0 fully saturated rings. The van der Waals surface area contributed by atoms with Crippen LogP contribution in [0.2, 0.25) is 0 Å². The molecule has 1 aromatic heterocycles. The summed E-state index contributed by atoms with van der Waals surface area (Å²) in [5.74, 6) is 0.321. The van der Waals surface area contributed by atoms with Gasteiger partial charge in [-0.15, -0.1) is 13.2 Å². The highest BCUT2D eigenvalue weighted by Gasteiger charge is 2.31. The fourth-order valence-corrected chi connectivity index (χ4v) is 2.46. The third-order valence-corrected chi connectivity index (χ3v) is 3.76. The highest BCUT2D eigenvalue weighted by molar-refractivity contribution is 5.59. The molecule has 3 rings (SSSR count). The van der Waals surface area contributed by atoms with E-state index in [1.807, 2.05) is 0 Å². The van der Waals surface area contributed by atoms with Crippen molar-refractivity contribution in [2.75, 3.05) is 10.6 Å². The lowest BCUT2D eigenvalue weighted by Crippen LogP contribution is -2.16. The number of anilines is 3. The first-order chi connectivity index (χ1) is 14.1. The molecule has 3 aromatic rings. The third kappa shape index (κ3) is 6.26. The van der Waals surface area contributed by atoms with E-state index in [1.54, 1.807) is 6.07 Å². The van der Waals surface area contributed by atoms with Gasteiger partial charge in [0.2, 0.25) is 0 Å². The predicted molar refractivity (Wildman–Crippen MR) is 97.2 cm³/mol. The zero-order valence-corrected chi connectivity index (χ0v) is 15.1. The molecule has 2 aromatic carbocycles. The Labute approximate surface area is 166 Å². The van der Waals surface area contributed by atoms with Crippen molar-refractivity contribution < 1.29 is 31.1 Å². The first kappa shape index (κ1) is 21.2. The summed E-state index contributed by atoms with van der Waals surface area (Å²) >= 11 is 0. The molecule has 0 saturated heterocycles. The van der Waals surface area contributed by atoms with Gasteiger partial charge in [-0.2, -0.15) is 13.2 Å². The molecule has 0 aliphatic rings. The van der Waals surface area contributed by atoms with Crippen molar-refractivity contribution in [3.8, 4) is 5.75 Å². The van der Waals surface area contributed by atoms with Gasteiger partial charge >= 0.3 is 12.5 Å². The van der Waals surface area contributed by atoms with E-state index in [1.165, 1.54) is 30.6 Å². The molecule has 0 aliphatic heterocycles. The van der Waals surface area contributed by atoms with Crippen LogP contribution in [-0.2, 0) is 12.7 Å². The van der Waals surface area contributed by atoms with Crippen molar-refractivity contribution in [1.29, 1.82) is 0 Å². The number of halogens is 6. The number of aromatic nitrogens is 2. The number of alkyl halides is 6. The van der Waals surface area contributed by atoms with Gasteiger partial charge in [0.1, 0.15) is 23.7 Å². The van der Waals surface area contributed by atoms with Crippen LogP contribution in [0, 0.1) is 0 Å². The Kier molecular flexibility index (Phi) is 5.99. The molecule has 2 N–H and O–H groups in total. The molecule has 5 nitrogen and oxygen atoms in total.